The molecule has 3 aromatic rings. The molecule has 2 aromatic heterocycles. The van der Waals surface area contributed by atoms with Crippen molar-refractivity contribution >= 4 is 16.8 Å². The third-order valence-electron chi connectivity index (χ3n) is 4.93. The molecule has 1 unspecified atom stereocenters. The van der Waals surface area contributed by atoms with E-state index in [0.717, 1.165) is 18.8 Å². The highest BCUT2D eigenvalue weighted by Gasteiger charge is 2.21. The molecule has 0 aliphatic rings. The Morgan fingerprint density at radius 3 is 2.71 bits per heavy atom. The lowest BCUT2D eigenvalue weighted by Crippen LogP contribution is -2.38. The van der Waals surface area contributed by atoms with Crippen LogP contribution in [-0.4, -0.2) is 40.0 Å². The van der Waals surface area contributed by atoms with Crippen LogP contribution in [0.5, 0.6) is 0 Å². The topological polar surface area (TPSA) is 80.4 Å². The highest BCUT2D eigenvalue weighted by molar-refractivity contribution is 5.77. The largest absolute Gasteiger partial charge is 0.468 e. The summed E-state index contributed by atoms with van der Waals surface area (Å²) in [6, 6.07) is 11.0. The Kier molecular flexibility index (Phi) is 6.60. The molecule has 1 aromatic carbocycles. The summed E-state index contributed by atoms with van der Waals surface area (Å²) in [5, 5.41) is 3.53. The monoisotopic (exact) mass is 382 g/mol. The van der Waals surface area contributed by atoms with Gasteiger partial charge in [0, 0.05) is 19.5 Å². The number of fused-ring (bicyclic) bond motifs is 1. The SMILES string of the molecule is CCN(CC)C(CNC(=O)CCn1cnc2ccccc2c1=O)c1ccco1. The zero-order valence-corrected chi connectivity index (χ0v) is 16.3. The van der Waals surface area contributed by atoms with Gasteiger partial charge in [-0.3, -0.25) is 19.1 Å². The summed E-state index contributed by atoms with van der Waals surface area (Å²) in [7, 11) is 0. The minimum atomic E-state index is -0.130. The van der Waals surface area contributed by atoms with Crippen LogP contribution in [0.15, 0.2) is 58.2 Å². The van der Waals surface area contributed by atoms with E-state index in [4.69, 9.17) is 4.42 Å². The number of aromatic nitrogens is 2. The van der Waals surface area contributed by atoms with Crippen molar-refractivity contribution < 1.29 is 9.21 Å². The van der Waals surface area contributed by atoms with E-state index in [1.54, 1.807) is 18.4 Å². The lowest BCUT2D eigenvalue weighted by Gasteiger charge is -2.28. The zero-order chi connectivity index (χ0) is 19.9. The summed E-state index contributed by atoms with van der Waals surface area (Å²) in [6.45, 7) is 6.63. The number of nitrogens with one attached hydrogen (secondary N) is 1. The fourth-order valence-corrected chi connectivity index (χ4v) is 3.34. The van der Waals surface area contributed by atoms with Gasteiger partial charge in [0.25, 0.3) is 5.56 Å². The Bertz CT molecular complexity index is 961. The van der Waals surface area contributed by atoms with Crippen LogP contribution in [0.2, 0.25) is 0 Å². The van der Waals surface area contributed by atoms with Crippen LogP contribution in [0.25, 0.3) is 10.9 Å². The van der Waals surface area contributed by atoms with Gasteiger partial charge in [-0.25, -0.2) is 4.98 Å². The molecule has 1 N–H and O–H groups in total. The smallest absolute Gasteiger partial charge is 0.261 e. The number of furan rings is 1. The Morgan fingerprint density at radius 2 is 2.00 bits per heavy atom. The third kappa shape index (κ3) is 4.48. The van der Waals surface area contributed by atoms with E-state index in [1.165, 1.54) is 10.9 Å². The highest BCUT2D eigenvalue weighted by atomic mass is 16.3. The Labute approximate surface area is 164 Å². The average molecular weight is 382 g/mol. The molecule has 7 heteroatoms. The predicted molar refractivity (Wildman–Crippen MR) is 108 cm³/mol. The summed E-state index contributed by atoms with van der Waals surface area (Å²) in [6.07, 6.45) is 3.36. The first-order chi connectivity index (χ1) is 13.6. The van der Waals surface area contributed by atoms with Crippen molar-refractivity contribution in [1.29, 1.82) is 0 Å². The number of hydrogen-bond acceptors (Lipinski definition) is 5. The van der Waals surface area contributed by atoms with Gasteiger partial charge in [-0.1, -0.05) is 26.0 Å². The maximum Gasteiger partial charge on any atom is 0.261 e. The molecule has 0 fully saturated rings. The van der Waals surface area contributed by atoms with Crippen molar-refractivity contribution in [2.24, 2.45) is 0 Å². The van der Waals surface area contributed by atoms with E-state index in [0.29, 0.717) is 24.0 Å². The van der Waals surface area contributed by atoms with E-state index in [1.807, 2.05) is 24.3 Å². The van der Waals surface area contributed by atoms with Gasteiger partial charge in [0.05, 0.1) is 29.5 Å². The minimum absolute atomic E-state index is 0.0148. The van der Waals surface area contributed by atoms with Crippen LogP contribution < -0.4 is 10.9 Å². The summed E-state index contributed by atoms with van der Waals surface area (Å²) < 4.78 is 7.03. The molecule has 2 heterocycles. The summed E-state index contributed by atoms with van der Waals surface area (Å²) >= 11 is 0. The van der Waals surface area contributed by atoms with Gasteiger partial charge in [-0.2, -0.15) is 0 Å². The van der Waals surface area contributed by atoms with Crippen LogP contribution in [0, 0.1) is 0 Å². The van der Waals surface area contributed by atoms with Gasteiger partial charge in [0.2, 0.25) is 5.91 Å². The molecule has 7 nitrogen and oxygen atoms in total. The normalized spacial score (nSPS) is 12.4. The first-order valence-corrected chi connectivity index (χ1v) is 9.62. The van der Waals surface area contributed by atoms with E-state index >= 15 is 0 Å². The van der Waals surface area contributed by atoms with Crippen LogP contribution in [0.1, 0.15) is 32.1 Å². The molecule has 1 atom stereocenters. The molecule has 0 aliphatic carbocycles. The number of carbonyl (C=O) groups excluding carboxylic acids is 1. The average Bonchev–Trinajstić information content (AvgIpc) is 3.25. The summed E-state index contributed by atoms with van der Waals surface area (Å²) in [4.78, 5) is 31.4. The second kappa shape index (κ2) is 9.32. The van der Waals surface area contributed by atoms with Gasteiger partial charge in [0.15, 0.2) is 0 Å². The van der Waals surface area contributed by atoms with Crippen LogP contribution in [-0.2, 0) is 11.3 Å². The number of para-hydroxylation sites is 1. The zero-order valence-electron chi connectivity index (χ0n) is 16.3. The van der Waals surface area contributed by atoms with Gasteiger partial charge < -0.3 is 9.73 Å². The Balaban J connectivity index is 1.61. The number of nitrogens with zero attached hydrogens (tertiary/aromatic N) is 3. The second-order valence-electron chi connectivity index (χ2n) is 6.57. The second-order valence-corrected chi connectivity index (χ2v) is 6.57. The van der Waals surface area contributed by atoms with Crippen molar-refractivity contribution in [3.63, 3.8) is 0 Å². The number of rotatable bonds is 9. The Hall–Kier alpha value is -2.93. The number of carbonyl (C=O) groups is 1. The van der Waals surface area contributed by atoms with Gasteiger partial charge in [-0.15, -0.1) is 0 Å². The van der Waals surface area contributed by atoms with Crippen molar-refractivity contribution in [1.82, 2.24) is 19.8 Å². The molecule has 0 saturated heterocycles. The van der Waals surface area contributed by atoms with Gasteiger partial charge in [-0.05, 0) is 37.4 Å². The summed E-state index contributed by atoms with van der Waals surface area (Å²) in [5.41, 5.74) is 0.531. The molecular weight excluding hydrogens is 356 g/mol. The number of amides is 1. The fourth-order valence-electron chi connectivity index (χ4n) is 3.34. The highest BCUT2D eigenvalue weighted by Crippen LogP contribution is 2.20. The van der Waals surface area contributed by atoms with Gasteiger partial charge >= 0.3 is 0 Å². The molecule has 1 amide bonds. The van der Waals surface area contributed by atoms with E-state index < -0.39 is 0 Å². The Morgan fingerprint density at radius 1 is 1.21 bits per heavy atom. The quantitative estimate of drug-likeness (QED) is 0.615. The first kappa shape index (κ1) is 19.8. The number of likely N-dealkylation sites (N-methyl/N-ethyl adjacent to an activating group) is 1. The van der Waals surface area contributed by atoms with E-state index in [9.17, 15) is 9.59 Å². The van der Waals surface area contributed by atoms with Crippen LogP contribution in [0.3, 0.4) is 0 Å². The lowest BCUT2D eigenvalue weighted by molar-refractivity contribution is -0.121. The van der Waals surface area contributed by atoms with Crippen LogP contribution >= 0.6 is 0 Å². The van der Waals surface area contributed by atoms with E-state index in [2.05, 4.69) is 29.0 Å². The maximum atomic E-state index is 12.5. The number of benzene rings is 1. The molecular formula is C21H26N4O3. The van der Waals surface area contributed by atoms with Crippen molar-refractivity contribution in [3.8, 4) is 0 Å². The first-order valence-electron chi connectivity index (χ1n) is 9.62. The van der Waals surface area contributed by atoms with Crippen molar-refractivity contribution in [2.75, 3.05) is 19.6 Å². The summed E-state index contributed by atoms with van der Waals surface area (Å²) in [5.74, 6) is 0.725. The number of hydrogen-bond donors (Lipinski definition) is 1. The van der Waals surface area contributed by atoms with Crippen LogP contribution in [0.4, 0.5) is 0 Å². The maximum absolute atomic E-state index is 12.5. The van der Waals surface area contributed by atoms with Crippen molar-refractivity contribution in [2.45, 2.75) is 32.9 Å². The molecule has 28 heavy (non-hydrogen) atoms. The van der Waals surface area contributed by atoms with Crippen molar-refractivity contribution in [3.05, 3.63) is 65.1 Å². The van der Waals surface area contributed by atoms with E-state index in [-0.39, 0.29) is 23.9 Å². The molecule has 0 saturated carbocycles. The molecule has 0 spiro atoms. The standard InChI is InChI=1S/C21H26N4O3/c1-3-24(4-2)18(19-10-7-13-28-19)14-22-20(26)11-12-25-15-23-17-9-6-5-8-16(17)21(25)27/h5-10,13,15,18H,3-4,11-12,14H2,1-2H3,(H,22,26). The lowest BCUT2D eigenvalue weighted by atomic mass is 10.2. The number of aryl methyl sites for hydroxylation is 1. The van der Waals surface area contributed by atoms with Gasteiger partial charge in [0.1, 0.15) is 5.76 Å². The third-order valence-corrected chi connectivity index (χ3v) is 4.93. The fraction of sp³-hybridized carbons (Fsp3) is 0.381. The minimum Gasteiger partial charge on any atom is -0.468 e. The molecule has 0 bridgehead atoms. The predicted octanol–water partition coefficient (Wildman–Crippen LogP) is 2.58. The molecule has 148 valence electrons. The molecule has 3 rings (SSSR count). The molecule has 0 radical (unpaired) electrons. The molecule has 0 aliphatic heterocycles.